The Labute approximate surface area is 172 Å². The molecule has 0 spiro atoms. The van der Waals surface area contributed by atoms with E-state index in [2.05, 4.69) is 50.5 Å². The zero-order valence-electron chi connectivity index (χ0n) is 13.5. The summed E-state index contributed by atoms with van der Waals surface area (Å²) in [4.78, 5) is 10.5. The number of piperazine rings is 1. The van der Waals surface area contributed by atoms with Gasteiger partial charge in [-0.1, -0.05) is 24.3 Å². The van der Waals surface area contributed by atoms with Crippen LogP contribution in [0.1, 0.15) is 0 Å². The van der Waals surface area contributed by atoms with Gasteiger partial charge in [-0.2, -0.15) is 0 Å². The number of hydrogen-bond acceptors (Lipinski definition) is 3. The van der Waals surface area contributed by atoms with Crippen molar-refractivity contribution in [1.29, 1.82) is 0 Å². The van der Waals surface area contributed by atoms with E-state index < -0.39 is 0 Å². The highest BCUT2D eigenvalue weighted by molar-refractivity contribution is 5.86. The first-order valence-corrected chi connectivity index (χ1v) is 7.41. The lowest BCUT2D eigenvalue weighted by Gasteiger charge is -2.29. The van der Waals surface area contributed by atoms with Crippen LogP contribution in [0.2, 0.25) is 0 Å². The number of hydrogen-bond donors (Lipinski definition) is 2. The molecule has 2 aromatic carbocycles. The highest BCUT2D eigenvalue weighted by Gasteiger charge is 2.12. The number of imidazole rings is 1. The number of anilines is 1. The molecule has 25 heavy (non-hydrogen) atoms. The third kappa shape index (κ3) is 5.16. The molecule has 2 N–H and O–H groups in total. The maximum Gasteiger partial charge on any atom is 0.138 e. The Kier molecular flexibility index (Phi) is 10.2. The van der Waals surface area contributed by atoms with Crippen molar-refractivity contribution in [3.63, 3.8) is 0 Å². The normalized spacial score (nSPS) is 13.0. The average Bonchev–Trinajstić information content (AvgIpc) is 3.00. The zero-order valence-corrected chi connectivity index (χ0v) is 16.7. The number of aromatic amines is 1. The molecule has 4 rings (SSSR count). The Balaban J connectivity index is 0.00000144. The molecule has 0 amide bonds. The van der Waals surface area contributed by atoms with Gasteiger partial charge >= 0.3 is 0 Å². The van der Waals surface area contributed by atoms with Crippen LogP contribution in [-0.2, 0) is 0 Å². The number of para-hydroxylation sites is 2. The molecule has 0 aliphatic carbocycles. The molecule has 0 saturated carbocycles. The maximum absolute atomic E-state index is 4.68. The van der Waals surface area contributed by atoms with Crippen LogP contribution in [0.15, 0.2) is 48.5 Å². The van der Waals surface area contributed by atoms with Gasteiger partial charge in [0.1, 0.15) is 5.82 Å². The number of rotatable bonds is 2. The Hall–Kier alpha value is -1.17. The third-order valence-corrected chi connectivity index (χ3v) is 3.99. The summed E-state index contributed by atoms with van der Waals surface area (Å²) >= 11 is 0. The van der Waals surface area contributed by atoms with Crippen LogP contribution < -0.4 is 10.2 Å². The lowest BCUT2D eigenvalue weighted by Crippen LogP contribution is -2.43. The molecule has 0 unspecified atom stereocenters. The second-order valence-corrected chi connectivity index (χ2v) is 5.39. The Morgan fingerprint density at radius 3 is 2.28 bits per heavy atom. The number of H-pyrrole nitrogens is 1. The lowest BCUT2D eigenvalue weighted by molar-refractivity contribution is 0.589. The SMILES string of the molecule is Cl.Cl.Cl.Cl.c1cc(-c2nc3ccccc3[nH]2)cc(N2CCNCC2)c1. The van der Waals surface area contributed by atoms with E-state index in [-0.39, 0.29) is 49.6 Å². The summed E-state index contributed by atoms with van der Waals surface area (Å²) in [7, 11) is 0. The van der Waals surface area contributed by atoms with Crippen LogP contribution in [-0.4, -0.2) is 36.1 Å². The smallest absolute Gasteiger partial charge is 0.138 e. The molecule has 1 aromatic heterocycles. The number of halogens is 4. The van der Waals surface area contributed by atoms with E-state index in [4.69, 9.17) is 0 Å². The summed E-state index contributed by atoms with van der Waals surface area (Å²) in [5, 5.41) is 3.39. The summed E-state index contributed by atoms with van der Waals surface area (Å²) in [5.74, 6) is 0.938. The maximum atomic E-state index is 4.68. The molecule has 1 aliphatic rings. The second kappa shape index (κ2) is 10.7. The van der Waals surface area contributed by atoms with Crippen molar-refractivity contribution in [3.05, 3.63) is 48.5 Å². The number of nitrogens with one attached hydrogen (secondary N) is 2. The molecule has 0 radical (unpaired) electrons. The Morgan fingerprint density at radius 1 is 0.840 bits per heavy atom. The van der Waals surface area contributed by atoms with Crippen molar-refractivity contribution in [2.45, 2.75) is 0 Å². The van der Waals surface area contributed by atoms with E-state index >= 15 is 0 Å². The van der Waals surface area contributed by atoms with Crippen LogP contribution in [0.25, 0.3) is 22.4 Å². The predicted octanol–water partition coefficient (Wildman–Crippen LogP) is 4.33. The fourth-order valence-corrected chi connectivity index (χ4v) is 2.86. The van der Waals surface area contributed by atoms with Crippen LogP contribution >= 0.6 is 49.6 Å². The first-order chi connectivity index (χ1) is 10.4. The van der Waals surface area contributed by atoms with Gasteiger partial charge in [0.25, 0.3) is 0 Å². The molecular formula is C17H22Cl4N4. The van der Waals surface area contributed by atoms with E-state index in [9.17, 15) is 0 Å². The molecule has 0 bridgehead atoms. The first kappa shape index (κ1) is 23.8. The molecule has 138 valence electrons. The molecule has 0 atom stereocenters. The average molecular weight is 424 g/mol. The minimum Gasteiger partial charge on any atom is -0.369 e. The first-order valence-electron chi connectivity index (χ1n) is 7.41. The van der Waals surface area contributed by atoms with Gasteiger partial charge in [-0.05, 0) is 24.3 Å². The van der Waals surface area contributed by atoms with Gasteiger partial charge in [0.15, 0.2) is 0 Å². The third-order valence-electron chi connectivity index (χ3n) is 3.99. The molecule has 2 heterocycles. The molecule has 1 aliphatic heterocycles. The fraction of sp³-hybridized carbons (Fsp3) is 0.235. The van der Waals surface area contributed by atoms with Gasteiger partial charge < -0.3 is 15.2 Å². The molecule has 1 fully saturated rings. The van der Waals surface area contributed by atoms with Crippen LogP contribution in [0.3, 0.4) is 0 Å². The molecule has 1 saturated heterocycles. The minimum absolute atomic E-state index is 0. The number of fused-ring (bicyclic) bond motifs is 1. The Bertz CT molecular complexity index is 739. The molecule has 4 nitrogen and oxygen atoms in total. The van der Waals surface area contributed by atoms with Crippen molar-refractivity contribution in [1.82, 2.24) is 15.3 Å². The van der Waals surface area contributed by atoms with Gasteiger partial charge in [-0.3, -0.25) is 0 Å². The summed E-state index contributed by atoms with van der Waals surface area (Å²) in [5.41, 5.74) is 4.51. The topological polar surface area (TPSA) is 44.0 Å². The lowest BCUT2D eigenvalue weighted by atomic mass is 10.1. The quantitative estimate of drug-likeness (QED) is 0.644. The highest BCUT2D eigenvalue weighted by atomic mass is 35.5. The van der Waals surface area contributed by atoms with Gasteiger partial charge in [0.2, 0.25) is 0 Å². The van der Waals surface area contributed by atoms with E-state index in [1.807, 2.05) is 18.2 Å². The van der Waals surface area contributed by atoms with Crippen molar-refractivity contribution >= 4 is 66.3 Å². The van der Waals surface area contributed by atoms with Crippen molar-refractivity contribution < 1.29 is 0 Å². The summed E-state index contributed by atoms with van der Waals surface area (Å²) in [6, 6.07) is 16.8. The van der Waals surface area contributed by atoms with E-state index in [1.165, 1.54) is 5.69 Å². The Morgan fingerprint density at radius 2 is 1.56 bits per heavy atom. The highest BCUT2D eigenvalue weighted by Crippen LogP contribution is 2.25. The predicted molar refractivity (Wildman–Crippen MR) is 116 cm³/mol. The van der Waals surface area contributed by atoms with E-state index in [1.54, 1.807) is 0 Å². The summed E-state index contributed by atoms with van der Waals surface area (Å²) in [6.45, 7) is 4.22. The largest absolute Gasteiger partial charge is 0.369 e. The van der Waals surface area contributed by atoms with E-state index in [0.717, 1.165) is 48.6 Å². The standard InChI is InChI=1S/C17H18N4.4ClH/c1-2-7-16-15(6-1)19-17(20-16)13-4-3-5-14(12-13)21-10-8-18-9-11-21;;;;/h1-7,12,18H,8-11H2,(H,19,20);4*1H. The second-order valence-electron chi connectivity index (χ2n) is 5.39. The fourth-order valence-electron chi connectivity index (χ4n) is 2.86. The molecular weight excluding hydrogens is 402 g/mol. The molecule has 8 heteroatoms. The summed E-state index contributed by atoms with van der Waals surface area (Å²) in [6.07, 6.45) is 0. The minimum atomic E-state index is 0. The number of nitrogens with zero attached hydrogens (tertiary/aromatic N) is 2. The van der Waals surface area contributed by atoms with Gasteiger partial charge in [-0.25, -0.2) is 4.98 Å². The van der Waals surface area contributed by atoms with Crippen molar-refractivity contribution in [3.8, 4) is 11.4 Å². The number of benzene rings is 2. The van der Waals surface area contributed by atoms with Crippen LogP contribution in [0, 0.1) is 0 Å². The monoisotopic (exact) mass is 422 g/mol. The van der Waals surface area contributed by atoms with Crippen molar-refractivity contribution in [2.24, 2.45) is 0 Å². The van der Waals surface area contributed by atoms with Gasteiger partial charge in [-0.15, -0.1) is 49.6 Å². The molecule has 3 aromatic rings. The van der Waals surface area contributed by atoms with Crippen molar-refractivity contribution in [2.75, 3.05) is 31.1 Å². The zero-order chi connectivity index (χ0) is 14.1. The van der Waals surface area contributed by atoms with Crippen LogP contribution in [0.5, 0.6) is 0 Å². The van der Waals surface area contributed by atoms with E-state index in [0.29, 0.717) is 0 Å². The van der Waals surface area contributed by atoms with Gasteiger partial charge in [0.05, 0.1) is 11.0 Å². The summed E-state index contributed by atoms with van der Waals surface area (Å²) < 4.78 is 0. The van der Waals surface area contributed by atoms with Gasteiger partial charge in [0, 0.05) is 37.4 Å². The van der Waals surface area contributed by atoms with Crippen LogP contribution in [0.4, 0.5) is 5.69 Å². The number of aromatic nitrogens is 2.